The van der Waals surface area contributed by atoms with Crippen LogP contribution in [0.3, 0.4) is 0 Å². The first-order chi connectivity index (χ1) is 14.8. The van der Waals surface area contributed by atoms with Crippen molar-refractivity contribution in [3.8, 4) is 5.75 Å². The summed E-state index contributed by atoms with van der Waals surface area (Å²) in [5, 5.41) is 16.7. The molecule has 2 N–H and O–H groups in total. The quantitative estimate of drug-likeness (QED) is 0.169. The average molecular weight is 557 g/mol. The Morgan fingerprint density at radius 1 is 1.23 bits per heavy atom. The maximum absolute atomic E-state index is 5.99. The highest BCUT2D eigenvalue weighted by Gasteiger charge is 2.24. The van der Waals surface area contributed by atoms with E-state index in [0.717, 1.165) is 55.0 Å². The van der Waals surface area contributed by atoms with E-state index in [-0.39, 0.29) is 30.1 Å². The number of halogens is 1. The molecule has 1 aromatic heterocycles. The molecule has 1 aromatic carbocycles. The number of para-hydroxylation sites is 1. The lowest BCUT2D eigenvalue weighted by Crippen LogP contribution is -2.42. The second-order valence-corrected chi connectivity index (χ2v) is 8.72. The van der Waals surface area contributed by atoms with Crippen molar-refractivity contribution in [3.63, 3.8) is 0 Å². The van der Waals surface area contributed by atoms with Crippen molar-refractivity contribution in [2.45, 2.75) is 62.2 Å². The summed E-state index contributed by atoms with van der Waals surface area (Å²) in [6.07, 6.45) is 10.2. The first-order valence-electron chi connectivity index (χ1n) is 11.0. The molecule has 1 unspecified atom stereocenters. The summed E-state index contributed by atoms with van der Waals surface area (Å²) < 4.78 is 8.38. The molecule has 2 aliphatic rings. The van der Waals surface area contributed by atoms with Crippen molar-refractivity contribution in [2.24, 2.45) is 4.99 Å². The fraction of sp³-hybridized carbons (Fsp3) is 0.591. The number of hydrogen-bond acceptors (Lipinski definition) is 5. The van der Waals surface area contributed by atoms with Crippen LogP contribution in [0.15, 0.2) is 34.4 Å². The van der Waals surface area contributed by atoms with E-state index in [1.807, 2.05) is 12.1 Å². The van der Waals surface area contributed by atoms with Gasteiger partial charge in [0, 0.05) is 32.5 Å². The predicted octanol–water partition coefficient (Wildman–Crippen LogP) is 3.83. The molecule has 1 atom stereocenters. The highest BCUT2D eigenvalue weighted by Crippen LogP contribution is 2.33. The summed E-state index contributed by atoms with van der Waals surface area (Å²) in [6.45, 7) is 1.58. The smallest absolute Gasteiger partial charge is 0.191 e. The molecule has 1 fully saturated rings. The molecule has 4 rings (SSSR count). The monoisotopic (exact) mass is 556 g/mol. The SMILES string of the molecule is CN=C(NCCCc1nnc(SC)n1C1CCCC1)NCC1Cc2ccccc2O1.I. The number of nitrogens with zero attached hydrogens (tertiary/aromatic N) is 4. The zero-order chi connectivity index (χ0) is 20.8. The minimum absolute atomic E-state index is 0. The van der Waals surface area contributed by atoms with Crippen molar-refractivity contribution in [2.75, 3.05) is 26.4 Å². The largest absolute Gasteiger partial charge is 0.488 e. The van der Waals surface area contributed by atoms with Gasteiger partial charge in [0.1, 0.15) is 17.7 Å². The van der Waals surface area contributed by atoms with E-state index in [2.05, 4.69) is 48.8 Å². The van der Waals surface area contributed by atoms with Gasteiger partial charge in [0.05, 0.1) is 6.54 Å². The molecule has 1 saturated carbocycles. The molecular formula is C22H33IN6OS. The molecule has 2 aromatic rings. The Morgan fingerprint density at radius 3 is 2.77 bits per heavy atom. The van der Waals surface area contributed by atoms with E-state index in [0.29, 0.717) is 6.04 Å². The molecule has 31 heavy (non-hydrogen) atoms. The van der Waals surface area contributed by atoms with Gasteiger partial charge in [-0.15, -0.1) is 34.2 Å². The standard InChI is InChI=1S/C22H32N6OS.HI/c1-23-21(25-15-18-14-16-8-3-6-11-19(16)29-18)24-13-7-12-20-26-27-22(30-2)28(20)17-9-4-5-10-17;/h3,6,8,11,17-18H,4-5,7,9-10,12-15H2,1-2H3,(H2,23,24,25);1H. The number of benzene rings is 1. The molecule has 7 nitrogen and oxygen atoms in total. The summed E-state index contributed by atoms with van der Waals surface area (Å²) in [5.74, 6) is 2.94. The minimum atomic E-state index is 0. The zero-order valence-electron chi connectivity index (χ0n) is 18.3. The van der Waals surface area contributed by atoms with Crippen LogP contribution in [-0.4, -0.2) is 53.2 Å². The Morgan fingerprint density at radius 2 is 2.03 bits per heavy atom. The molecule has 0 bridgehead atoms. The van der Waals surface area contributed by atoms with Crippen LogP contribution in [0, 0.1) is 0 Å². The van der Waals surface area contributed by atoms with Gasteiger partial charge < -0.3 is 19.9 Å². The molecule has 0 radical (unpaired) electrons. The van der Waals surface area contributed by atoms with Gasteiger partial charge in [-0.3, -0.25) is 4.99 Å². The first kappa shape index (κ1) is 24.2. The molecule has 0 spiro atoms. The maximum atomic E-state index is 5.99. The van der Waals surface area contributed by atoms with Gasteiger partial charge in [-0.2, -0.15) is 0 Å². The van der Waals surface area contributed by atoms with Gasteiger partial charge in [0.2, 0.25) is 0 Å². The Balaban J connectivity index is 0.00000272. The molecule has 1 aliphatic heterocycles. The van der Waals surface area contributed by atoms with Crippen LogP contribution in [0.1, 0.15) is 49.5 Å². The molecular weight excluding hydrogens is 523 g/mol. The summed E-state index contributed by atoms with van der Waals surface area (Å²) >= 11 is 1.70. The van der Waals surface area contributed by atoms with E-state index >= 15 is 0 Å². The Kier molecular flexibility index (Phi) is 9.30. The van der Waals surface area contributed by atoms with Crippen LogP contribution in [0.25, 0.3) is 0 Å². The van der Waals surface area contributed by atoms with Crippen LogP contribution in [0.5, 0.6) is 5.75 Å². The molecule has 2 heterocycles. The van der Waals surface area contributed by atoms with Crippen LogP contribution in [0.2, 0.25) is 0 Å². The van der Waals surface area contributed by atoms with Crippen LogP contribution >= 0.6 is 35.7 Å². The number of ether oxygens (including phenoxy) is 1. The van der Waals surface area contributed by atoms with Gasteiger partial charge in [0.15, 0.2) is 11.1 Å². The van der Waals surface area contributed by atoms with E-state index in [1.54, 1.807) is 18.8 Å². The number of fused-ring (bicyclic) bond motifs is 1. The van der Waals surface area contributed by atoms with Crippen LogP contribution in [0.4, 0.5) is 0 Å². The number of rotatable bonds is 8. The second kappa shape index (κ2) is 11.9. The number of aliphatic imine (C=N–C) groups is 1. The van der Waals surface area contributed by atoms with Gasteiger partial charge in [0.25, 0.3) is 0 Å². The van der Waals surface area contributed by atoms with Gasteiger partial charge >= 0.3 is 0 Å². The lowest BCUT2D eigenvalue weighted by Gasteiger charge is -2.17. The van der Waals surface area contributed by atoms with Crippen LogP contribution in [-0.2, 0) is 12.8 Å². The summed E-state index contributed by atoms with van der Waals surface area (Å²) in [7, 11) is 1.81. The third kappa shape index (κ3) is 6.06. The highest BCUT2D eigenvalue weighted by molar-refractivity contribution is 14.0. The Bertz CT molecular complexity index is 842. The number of hydrogen-bond donors (Lipinski definition) is 2. The fourth-order valence-corrected chi connectivity index (χ4v) is 4.97. The molecule has 9 heteroatoms. The molecule has 0 saturated heterocycles. The van der Waals surface area contributed by atoms with Crippen molar-refractivity contribution in [1.82, 2.24) is 25.4 Å². The number of thioether (sulfide) groups is 1. The summed E-state index contributed by atoms with van der Waals surface area (Å²) in [6, 6.07) is 8.83. The second-order valence-electron chi connectivity index (χ2n) is 7.95. The molecule has 170 valence electrons. The average Bonchev–Trinajstić information content (AvgIpc) is 3.51. The van der Waals surface area contributed by atoms with Gasteiger partial charge in [-0.1, -0.05) is 42.8 Å². The lowest BCUT2D eigenvalue weighted by molar-refractivity contribution is 0.235. The Hall–Kier alpha value is -1.49. The number of aryl methyl sites for hydroxylation is 1. The number of aromatic nitrogens is 3. The topological polar surface area (TPSA) is 76.4 Å². The first-order valence-corrected chi connectivity index (χ1v) is 12.2. The third-order valence-corrected chi connectivity index (χ3v) is 6.56. The summed E-state index contributed by atoms with van der Waals surface area (Å²) in [5.41, 5.74) is 1.28. The normalized spacial score (nSPS) is 18.4. The van der Waals surface area contributed by atoms with Crippen molar-refractivity contribution >= 4 is 41.7 Å². The van der Waals surface area contributed by atoms with Crippen molar-refractivity contribution in [1.29, 1.82) is 0 Å². The Labute approximate surface area is 206 Å². The van der Waals surface area contributed by atoms with Crippen LogP contribution < -0.4 is 15.4 Å². The van der Waals surface area contributed by atoms with Crippen molar-refractivity contribution in [3.05, 3.63) is 35.7 Å². The van der Waals surface area contributed by atoms with Crippen molar-refractivity contribution < 1.29 is 4.74 Å². The fourth-order valence-electron chi connectivity index (χ4n) is 4.40. The van der Waals surface area contributed by atoms with E-state index in [9.17, 15) is 0 Å². The van der Waals surface area contributed by atoms with Gasteiger partial charge in [-0.05, 0) is 37.1 Å². The molecule has 0 amide bonds. The van der Waals surface area contributed by atoms with E-state index < -0.39 is 0 Å². The predicted molar refractivity (Wildman–Crippen MR) is 137 cm³/mol. The zero-order valence-corrected chi connectivity index (χ0v) is 21.5. The summed E-state index contributed by atoms with van der Waals surface area (Å²) in [4.78, 5) is 4.34. The highest BCUT2D eigenvalue weighted by atomic mass is 127. The number of guanidine groups is 1. The minimum Gasteiger partial charge on any atom is -0.488 e. The molecule has 1 aliphatic carbocycles. The van der Waals surface area contributed by atoms with E-state index in [1.165, 1.54) is 31.2 Å². The lowest BCUT2D eigenvalue weighted by atomic mass is 10.1. The maximum Gasteiger partial charge on any atom is 0.191 e. The third-order valence-electron chi connectivity index (χ3n) is 5.91. The van der Waals surface area contributed by atoms with Gasteiger partial charge in [-0.25, -0.2) is 0 Å². The number of nitrogens with one attached hydrogen (secondary N) is 2. The van der Waals surface area contributed by atoms with E-state index in [4.69, 9.17) is 4.74 Å².